The van der Waals surface area contributed by atoms with E-state index in [0.29, 0.717) is 0 Å². The van der Waals surface area contributed by atoms with Crippen LogP contribution < -0.4 is 41.5 Å². The normalized spacial score (nSPS) is 11.7. The number of unbranched alkanes of at least 4 members (excludes halogenated alkanes) is 2. The average molecular weight is 859 g/mol. The third-order valence-corrected chi connectivity index (χ3v) is 23.0. The predicted molar refractivity (Wildman–Crippen MR) is 282 cm³/mol. The maximum atomic E-state index is 2.56. The summed E-state index contributed by atoms with van der Waals surface area (Å²) >= 11 is 0. The summed E-state index contributed by atoms with van der Waals surface area (Å²) in [6, 6.07) is 92.2. The Morgan fingerprint density at radius 3 is 0.703 bits per heavy atom. The molecule has 0 saturated carbocycles. The van der Waals surface area contributed by atoms with E-state index in [0.717, 1.165) is 38.5 Å². The molecule has 0 radical (unpaired) electrons. The summed E-state index contributed by atoms with van der Waals surface area (Å²) in [5, 5.41) is 11.2. The van der Waals surface area contributed by atoms with Crippen molar-refractivity contribution in [2.75, 3.05) is 0 Å². The van der Waals surface area contributed by atoms with E-state index in [1.54, 1.807) is 0 Å². The van der Waals surface area contributed by atoms with Gasteiger partial charge in [0.15, 0.2) is 16.1 Å². The zero-order valence-corrected chi connectivity index (χ0v) is 39.3. The first kappa shape index (κ1) is 42.7. The third kappa shape index (κ3) is 8.20. The van der Waals surface area contributed by atoms with Gasteiger partial charge in [-0.1, -0.05) is 269 Å². The molecule has 0 fully saturated rings. The minimum Gasteiger partial charge on any atom is -0.0654 e. The van der Waals surface area contributed by atoms with Gasteiger partial charge in [-0.3, -0.25) is 0 Å². The standard InChI is InChI=1S/C62H58Si2/c1-3-5-25-51-47-62(50-41-45-60(46-42-50)64(56-33-19-10-20-34-56,57-35-21-11-22-36-57)58-37-23-12-24-38-58)52(26-6-4-2)48-61(51)49-39-43-59(44-40-49)63(53-27-13-7-14-28-53,54-29-15-8-16-30-54)55-31-17-9-18-32-55/h7-24,27-48H,3-6,25-26H2,1-2H3. The predicted octanol–water partition coefficient (Wildman–Crippen LogP) is 10.5. The average Bonchev–Trinajstić information content (AvgIpc) is 3.38. The van der Waals surface area contributed by atoms with Crippen molar-refractivity contribution in [3.8, 4) is 22.3 Å². The largest absolute Gasteiger partial charge is 0.179 e. The zero-order chi connectivity index (χ0) is 43.6. The Hall–Kier alpha value is -6.59. The van der Waals surface area contributed by atoms with Crippen LogP contribution in [0.15, 0.2) is 243 Å². The number of hydrogen-bond acceptors (Lipinski definition) is 0. The smallest absolute Gasteiger partial charge is 0.0654 e. The van der Waals surface area contributed by atoms with Crippen LogP contribution in [0.5, 0.6) is 0 Å². The topological polar surface area (TPSA) is 0 Å². The molecule has 0 nitrogen and oxygen atoms in total. The first-order valence-corrected chi connectivity index (χ1v) is 27.4. The van der Waals surface area contributed by atoms with E-state index >= 15 is 0 Å². The summed E-state index contributed by atoms with van der Waals surface area (Å²) in [5.41, 5.74) is 8.23. The molecule has 0 aliphatic rings. The molecule has 9 aromatic rings. The lowest BCUT2D eigenvalue weighted by Gasteiger charge is -2.34. The number of hydrogen-bond donors (Lipinski definition) is 0. The Balaban J connectivity index is 1.17. The first-order valence-electron chi connectivity index (χ1n) is 23.4. The van der Waals surface area contributed by atoms with E-state index in [-0.39, 0.29) is 0 Å². The molecule has 0 aliphatic carbocycles. The molecule has 314 valence electrons. The van der Waals surface area contributed by atoms with E-state index in [4.69, 9.17) is 0 Å². The molecule has 0 unspecified atom stereocenters. The van der Waals surface area contributed by atoms with Gasteiger partial charge in [-0.15, -0.1) is 0 Å². The number of rotatable bonds is 16. The molecular weight excluding hydrogens is 801 g/mol. The van der Waals surface area contributed by atoms with Gasteiger partial charge in [0.25, 0.3) is 0 Å². The fourth-order valence-electron chi connectivity index (χ4n) is 10.3. The molecule has 9 aromatic carbocycles. The molecule has 0 aromatic heterocycles. The number of aryl methyl sites for hydroxylation is 2. The Morgan fingerprint density at radius 2 is 0.484 bits per heavy atom. The van der Waals surface area contributed by atoms with Gasteiger partial charge in [-0.05, 0) is 101 Å². The molecule has 0 amide bonds. The molecule has 64 heavy (non-hydrogen) atoms. The van der Waals surface area contributed by atoms with Crippen LogP contribution in [0.25, 0.3) is 22.3 Å². The highest BCUT2D eigenvalue weighted by molar-refractivity contribution is 7.20. The second kappa shape index (κ2) is 19.9. The lowest BCUT2D eigenvalue weighted by Crippen LogP contribution is -2.74. The minimum absolute atomic E-state index is 1.05. The van der Waals surface area contributed by atoms with Crippen molar-refractivity contribution in [1.82, 2.24) is 0 Å². The van der Waals surface area contributed by atoms with E-state index < -0.39 is 16.1 Å². The summed E-state index contributed by atoms with van der Waals surface area (Å²) < 4.78 is 0. The summed E-state index contributed by atoms with van der Waals surface area (Å²) in [6.07, 6.45) is 6.73. The van der Waals surface area contributed by atoms with Crippen LogP contribution in [0.4, 0.5) is 0 Å². The van der Waals surface area contributed by atoms with Crippen molar-refractivity contribution >= 4 is 57.6 Å². The lowest BCUT2D eigenvalue weighted by atomic mass is 9.87. The highest BCUT2D eigenvalue weighted by Gasteiger charge is 2.42. The molecule has 9 rings (SSSR count). The summed E-state index contributed by atoms with van der Waals surface area (Å²) in [6.45, 7) is 4.63. The van der Waals surface area contributed by atoms with E-state index in [2.05, 4.69) is 257 Å². The van der Waals surface area contributed by atoms with Crippen molar-refractivity contribution in [3.63, 3.8) is 0 Å². The van der Waals surface area contributed by atoms with E-state index in [9.17, 15) is 0 Å². The van der Waals surface area contributed by atoms with Crippen molar-refractivity contribution < 1.29 is 0 Å². The molecule has 0 atom stereocenters. The molecular formula is C62H58Si2. The maximum Gasteiger partial charge on any atom is 0.179 e. The summed E-state index contributed by atoms with van der Waals surface area (Å²) in [5.74, 6) is 0. The molecule has 0 saturated heterocycles. The quantitative estimate of drug-likeness (QED) is 0.0671. The SMILES string of the molecule is CCCCc1cc(-c2ccc([Si](c3ccccc3)(c3ccccc3)c3ccccc3)cc2)c(CCCC)cc1-c1ccc([Si](c2ccccc2)(c2ccccc2)c2ccccc2)cc1. The highest BCUT2D eigenvalue weighted by atomic mass is 28.3. The van der Waals surface area contributed by atoms with E-state index in [1.807, 2.05) is 0 Å². The van der Waals surface area contributed by atoms with Crippen LogP contribution in [-0.4, -0.2) is 16.1 Å². The van der Waals surface area contributed by atoms with Gasteiger partial charge in [0.2, 0.25) is 0 Å². The van der Waals surface area contributed by atoms with Crippen LogP contribution >= 0.6 is 0 Å². The van der Waals surface area contributed by atoms with Crippen molar-refractivity contribution in [2.45, 2.75) is 52.4 Å². The van der Waals surface area contributed by atoms with Crippen LogP contribution in [0, 0.1) is 0 Å². The minimum atomic E-state index is -2.62. The Labute approximate surface area is 384 Å². The van der Waals surface area contributed by atoms with E-state index in [1.165, 1.54) is 74.9 Å². The molecule has 0 spiro atoms. The second-order valence-corrected chi connectivity index (χ2v) is 24.8. The highest BCUT2D eigenvalue weighted by Crippen LogP contribution is 2.35. The second-order valence-electron chi connectivity index (χ2n) is 17.2. The van der Waals surface area contributed by atoms with Gasteiger partial charge in [-0.2, -0.15) is 0 Å². The molecule has 0 aliphatic heterocycles. The van der Waals surface area contributed by atoms with Gasteiger partial charge in [0, 0.05) is 0 Å². The zero-order valence-electron chi connectivity index (χ0n) is 37.3. The third-order valence-electron chi connectivity index (χ3n) is 13.4. The number of benzene rings is 9. The Kier molecular flexibility index (Phi) is 13.2. The van der Waals surface area contributed by atoms with Gasteiger partial charge >= 0.3 is 0 Å². The van der Waals surface area contributed by atoms with Gasteiger partial charge in [0.1, 0.15) is 0 Å². The summed E-state index contributed by atoms with van der Waals surface area (Å²) in [4.78, 5) is 0. The molecule has 0 N–H and O–H groups in total. The van der Waals surface area contributed by atoms with Crippen LogP contribution in [-0.2, 0) is 12.8 Å². The summed E-state index contributed by atoms with van der Waals surface area (Å²) in [7, 11) is -5.24. The van der Waals surface area contributed by atoms with Crippen molar-refractivity contribution in [2.24, 2.45) is 0 Å². The van der Waals surface area contributed by atoms with Crippen LogP contribution in [0.1, 0.15) is 50.7 Å². The van der Waals surface area contributed by atoms with Gasteiger partial charge in [-0.25, -0.2) is 0 Å². The fraction of sp³-hybridized carbons (Fsp3) is 0.129. The fourth-order valence-corrected chi connectivity index (χ4v) is 19.8. The maximum absolute atomic E-state index is 2.62. The van der Waals surface area contributed by atoms with Gasteiger partial charge in [0.05, 0.1) is 0 Å². The van der Waals surface area contributed by atoms with Gasteiger partial charge < -0.3 is 0 Å². The Bertz CT molecular complexity index is 2450. The molecule has 0 heterocycles. The monoisotopic (exact) mass is 858 g/mol. The Morgan fingerprint density at radius 1 is 0.266 bits per heavy atom. The van der Waals surface area contributed by atoms with Crippen LogP contribution in [0.2, 0.25) is 0 Å². The lowest BCUT2D eigenvalue weighted by molar-refractivity contribution is 0.788. The molecule has 0 bridgehead atoms. The van der Waals surface area contributed by atoms with Crippen molar-refractivity contribution in [1.29, 1.82) is 0 Å². The molecule has 2 heteroatoms. The van der Waals surface area contributed by atoms with Crippen LogP contribution in [0.3, 0.4) is 0 Å². The first-order chi connectivity index (χ1) is 31.7. The van der Waals surface area contributed by atoms with Crippen molar-refractivity contribution in [3.05, 3.63) is 254 Å².